The highest BCUT2D eigenvalue weighted by Gasteiger charge is 2.24. The average molecular weight is 441 g/mol. The molecule has 9 heteroatoms. The van der Waals surface area contributed by atoms with Gasteiger partial charge >= 0.3 is 6.09 Å². The van der Waals surface area contributed by atoms with Crippen LogP contribution in [0.2, 0.25) is 0 Å². The maximum Gasteiger partial charge on any atom is 0.409 e. The molecule has 3 amide bonds. The lowest BCUT2D eigenvalue weighted by atomic mass is 10.0. The number of hydrogen-bond donors (Lipinski definition) is 2. The SMILES string of the molecule is CCOC(=O)N1CCC(NC(=O)c2ccc(NC(=O)Cn3cc(C)ccc3=O)cc2)CC1. The fourth-order valence-corrected chi connectivity index (χ4v) is 3.52. The first-order chi connectivity index (χ1) is 15.4. The number of aromatic nitrogens is 1. The van der Waals surface area contributed by atoms with Crippen molar-refractivity contribution in [1.82, 2.24) is 14.8 Å². The molecule has 1 aliphatic rings. The molecular formula is C23H28N4O5. The molecule has 1 aromatic carbocycles. The maximum absolute atomic E-state index is 12.5. The third-order valence-corrected chi connectivity index (χ3v) is 5.23. The smallest absolute Gasteiger partial charge is 0.409 e. The predicted octanol–water partition coefficient (Wildman–Crippen LogP) is 2.15. The number of carbonyl (C=O) groups is 3. The van der Waals surface area contributed by atoms with Crippen LogP contribution in [0.4, 0.5) is 10.5 Å². The fourth-order valence-electron chi connectivity index (χ4n) is 3.52. The van der Waals surface area contributed by atoms with Gasteiger partial charge in [0, 0.05) is 42.6 Å². The highest BCUT2D eigenvalue weighted by Crippen LogP contribution is 2.14. The number of hydrogen-bond acceptors (Lipinski definition) is 5. The summed E-state index contributed by atoms with van der Waals surface area (Å²) < 4.78 is 6.35. The molecule has 3 rings (SSSR count). The Balaban J connectivity index is 1.49. The van der Waals surface area contributed by atoms with Crippen LogP contribution in [0.3, 0.4) is 0 Å². The lowest BCUT2D eigenvalue weighted by Crippen LogP contribution is -2.46. The Morgan fingerprint density at radius 3 is 2.41 bits per heavy atom. The summed E-state index contributed by atoms with van der Waals surface area (Å²) in [7, 11) is 0. The number of ether oxygens (including phenoxy) is 1. The number of carbonyl (C=O) groups excluding carboxylic acids is 3. The Labute approximate surface area is 186 Å². The molecule has 2 aromatic rings. The second-order valence-corrected chi connectivity index (χ2v) is 7.73. The molecule has 0 aliphatic carbocycles. The van der Waals surface area contributed by atoms with Gasteiger partial charge in [-0.2, -0.15) is 0 Å². The topological polar surface area (TPSA) is 110 Å². The van der Waals surface area contributed by atoms with E-state index in [1.807, 2.05) is 6.92 Å². The summed E-state index contributed by atoms with van der Waals surface area (Å²) in [5, 5.41) is 5.72. The third-order valence-electron chi connectivity index (χ3n) is 5.23. The van der Waals surface area contributed by atoms with Gasteiger partial charge in [0.05, 0.1) is 6.61 Å². The quantitative estimate of drug-likeness (QED) is 0.715. The molecule has 1 saturated heterocycles. The second-order valence-electron chi connectivity index (χ2n) is 7.73. The van der Waals surface area contributed by atoms with Gasteiger partial charge in [-0.05, 0) is 56.5 Å². The van der Waals surface area contributed by atoms with Crippen LogP contribution in [0, 0.1) is 6.92 Å². The van der Waals surface area contributed by atoms with E-state index in [-0.39, 0.29) is 36.1 Å². The maximum atomic E-state index is 12.5. The van der Waals surface area contributed by atoms with E-state index in [1.165, 1.54) is 10.6 Å². The Morgan fingerprint density at radius 1 is 1.06 bits per heavy atom. The number of piperidine rings is 1. The van der Waals surface area contributed by atoms with Crippen molar-refractivity contribution in [2.24, 2.45) is 0 Å². The van der Waals surface area contributed by atoms with E-state index < -0.39 is 0 Å². The molecule has 1 fully saturated rings. The number of pyridine rings is 1. The molecule has 0 unspecified atom stereocenters. The summed E-state index contributed by atoms with van der Waals surface area (Å²) in [4.78, 5) is 50.0. The molecular weight excluding hydrogens is 412 g/mol. The van der Waals surface area contributed by atoms with Crippen LogP contribution in [0.1, 0.15) is 35.7 Å². The number of rotatable bonds is 6. The largest absolute Gasteiger partial charge is 0.450 e. The Hall–Kier alpha value is -3.62. The minimum atomic E-state index is -0.330. The first-order valence-corrected chi connectivity index (χ1v) is 10.6. The molecule has 32 heavy (non-hydrogen) atoms. The summed E-state index contributed by atoms with van der Waals surface area (Å²) in [6, 6.07) is 9.68. The van der Waals surface area contributed by atoms with Gasteiger partial charge < -0.3 is 24.8 Å². The molecule has 0 saturated carbocycles. The van der Waals surface area contributed by atoms with E-state index >= 15 is 0 Å². The van der Waals surface area contributed by atoms with E-state index in [0.717, 1.165) is 5.56 Å². The van der Waals surface area contributed by atoms with Gasteiger partial charge in [0.25, 0.3) is 11.5 Å². The molecule has 0 spiro atoms. The monoisotopic (exact) mass is 440 g/mol. The Morgan fingerprint density at radius 2 is 1.75 bits per heavy atom. The van der Waals surface area contributed by atoms with E-state index in [0.29, 0.717) is 43.8 Å². The lowest BCUT2D eigenvalue weighted by Gasteiger charge is -2.31. The van der Waals surface area contributed by atoms with Crippen LogP contribution < -0.4 is 16.2 Å². The van der Waals surface area contributed by atoms with E-state index in [9.17, 15) is 19.2 Å². The van der Waals surface area contributed by atoms with Crippen LogP contribution in [0.5, 0.6) is 0 Å². The Kier molecular flexibility index (Phi) is 7.64. The third kappa shape index (κ3) is 6.19. The van der Waals surface area contributed by atoms with Gasteiger partial charge in [-0.3, -0.25) is 14.4 Å². The Bertz CT molecular complexity index is 1020. The van der Waals surface area contributed by atoms with Gasteiger partial charge in [0.2, 0.25) is 5.91 Å². The van der Waals surface area contributed by atoms with Crippen molar-refractivity contribution in [2.75, 3.05) is 25.0 Å². The average Bonchev–Trinajstić information content (AvgIpc) is 2.77. The molecule has 9 nitrogen and oxygen atoms in total. The lowest BCUT2D eigenvalue weighted by molar-refractivity contribution is -0.116. The molecule has 0 bridgehead atoms. The summed E-state index contributed by atoms with van der Waals surface area (Å²) in [5.74, 6) is -0.535. The molecule has 0 atom stereocenters. The molecule has 1 aromatic heterocycles. The zero-order valence-electron chi connectivity index (χ0n) is 18.3. The highest BCUT2D eigenvalue weighted by atomic mass is 16.6. The van der Waals surface area contributed by atoms with Gasteiger partial charge in [0.1, 0.15) is 6.54 Å². The minimum Gasteiger partial charge on any atom is -0.450 e. The van der Waals surface area contributed by atoms with Gasteiger partial charge in [-0.25, -0.2) is 4.79 Å². The zero-order chi connectivity index (χ0) is 23.1. The number of nitrogens with zero attached hydrogens (tertiary/aromatic N) is 2. The molecule has 2 heterocycles. The van der Waals surface area contributed by atoms with E-state index in [2.05, 4.69) is 10.6 Å². The minimum absolute atomic E-state index is 0.0137. The van der Waals surface area contributed by atoms with Gasteiger partial charge in [-0.1, -0.05) is 6.07 Å². The van der Waals surface area contributed by atoms with E-state index in [1.54, 1.807) is 48.4 Å². The number of likely N-dealkylation sites (tertiary alicyclic amines) is 1. The van der Waals surface area contributed by atoms with Gasteiger partial charge in [0.15, 0.2) is 0 Å². The number of amides is 3. The number of anilines is 1. The van der Waals surface area contributed by atoms with Crippen LogP contribution >= 0.6 is 0 Å². The van der Waals surface area contributed by atoms with Crippen molar-refractivity contribution in [2.45, 2.75) is 39.3 Å². The molecule has 0 radical (unpaired) electrons. The first kappa shape index (κ1) is 23.1. The predicted molar refractivity (Wildman–Crippen MR) is 120 cm³/mol. The van der Waals surface area contributed by atoms with Crippen molar-refractivity contribution < 1.29 is 19.1 Å². The van der Waals surface area contributed by atoms with Crippen molar-refractivity contribution in [3.63, 3.8) is 0 Å². The van der Waals surface area contributed by atoms with Crippen LogP contribution in [-0.2, 0) is 16.1 Å². The van der Waals surface area contributed by atoms with Crippen molar-refractivity contribution in [3.8, 4) is 0 Å². The normalized spacial score (nSPS) is 14.0. The van der Waals surface area contributed by atoms with Crippen molar-refractivity contribution in [3.05, 3.63) is 64.1 Å². The zero-order valence-corrected chi connectivity index (χ0v) is 18.3. The van der Waals surface area contributed by atoms with Crippen LogP contribution in [0.15, 0.2) is 47.4 Å². The highest BCUT2D eigenvalue weighted by molar-refractivity contribution is 5.96. The fraction of sp³-hybridized carbons (Fsp3) is 0.391. The van der Waals surface area contributed by atoms with Crippen molar-refractivity contribution >= 4 is 23.6 Å². The van der Waals surface area contributed by atoms with E-state index in [4.69, 9.17) is 4.74 Å². The second kappa shape index (κ2) is 10.6. The summed E-state index contributed by atoms with van der Waals surface area (Å²) in [5.41, 5.74) is 1.66. The number of nitrogens with one attached hydrogen (secondary N) is 2. The summed E-state index contributed by atoms with van der Waals surface area (Å²) in [6.07, 6.45) is 2.64. The molecule has 170 valence electrons. The standard InChI is InChI=1S/C23H28N4O5/c1-3-32-23(31)26-12-10-19(11-13-26)25-22(30)17-5-7-18(8-6-17)24-20(28)15-27-14-16(2)4-9-21(27)29/h4-9,14,19H,3,10-13,15H2,1-2H3,(H,24,28)(H,25,30). The number of benzene rings is 1. The van der Waals surface area contributed by atoms with Crippen molar-refractivity contribution in [1.29, 1.82) is 0 Å². The summed E-state index contributed by atoms with van der Waals surface area (Å²) >= 11 is 0. The van der Waals surface area contributed by atoms with Gasteiger partial charge in [-0.15, -0.1) is 0 Å². The van der Waals surface area contributed by atoms with Crippen LogP contribution in [0.25, 0.3) is 0 Å². The number of aryl methyl sites for hydroxylation is 1. The molecule has 1 aliphatic heterocycles. The molecule has 2 N–H and O–H groups in total. The summed E-state index contributed by atoms with van der Waals surface area (Å²) in [6.45, 7) is 4.95. The van der Waals surface area contributed by atoms with Crippen LogP contribution in [-0.4, -0.2) is 53.1 Å². The first-order valence-electron chi connectivity index (χ1n) is 10.6.